The third-order valence-electron chi connectivity index (χ3n) is 2.08. The smallest absolute Gasteiger partial charge is 0.143 e. The van der Waals surface area contributed by atoms with Gasteiger partial charge < -0.3 is 0 Å². The highest BCUT2D eigenvalue weighted by atomic mass is 79.9. The molecule has 0 radical (unpaired) electrons. The Morgan fingerprint density at radius 1 is 1.42 bits per heavy atom. The standard InChI is InChI=1S/C10H19BrO/c1-3-5-9(2)6-4-7-10(12)8-11/h9H,3-8H2,1-2H3. The minimum Gasteiger partial charge on any atom is -0.299 e. The van der Waals surface area contributed by atoms with E-state index in [0.717, 1.165) is 18.8 Å². The Labute approximate surface area is 84.1 Å². The maximum atomic E-state index is 10.9. The molecule has 72 valence electrons. The largest absolute Gasteiger partial charge is 0.299 e. The van der Waals surface area contributed by atoms with Gasteiger partial charge in [-0.05, 0) is 12.3 Å². The van der Waals surface area contributed by atoms with E-state index in [4.69, 9.17) is 0 Å². The number of ketones is 1. The van der Waals surface area contributed by atoms with Gasteiger partial charge in [0, 0.05) is 6.42 Å². The van der Waals surface area contributed by atoms with Crippen molar-refractivity contribution in [2.24, 2.45) is 5.92 Å². The van der Waals surface area contributed by atoms with Crippen molar-refractivity contribution >= 4 is 21.7 Å². The second-order valence-electron chi connectivity index (χ2n) is 3.46. The summed E-state index contributed by atoms with van der Waals surface area (Å²) in [6.45, 7) is 4.47. The minimum atomic E-state index is 0.332. The van der Waals surface area contributed by atoms with Crippen molar-refractivity contribution in [1.29, 1.82) is 0 Å². The Kier molecular flexibility index (Phi) is 7.88. The predicted molar refractivity (Wildman–Crippen MR) is 56.7 cm³/mol. The molecule has 1 atom stereocenters. The van der Waals surface area contributed by atoms with Crippen LogP contribution in [0.3, 0.4) is 0 Å². The van der Waals surface area contributed by atoms with Crippen molar-refractivity contribution in [3.05, 3.63) is 0 Å². The summed E-state index contributed by atoms with van der Waals surface area (Å²) in [5.41, 5.74) is 0. The Morgan fingerprint density at radius 2 is 2.08 bits per heavy atom. The van der Waals surface area contributed by atoms with E-state index < -0.39 is 0 Å². The van der Waals surface area contributed by atoms with Crippen LogP contribution >= 0.6 is 15.9 Å². The highest BCUT2D eigenvalue weighted by Crippen LogP contribution is 2.13. The molecule has 1 nitrogen and oxygen atoms in total. The molecule has 0 fully saturated rings. The molecule has 0 aromatic rings. The summed E-state index contributed by atoms with van der Waals surface area (Å²) in [6.07, 6.45) is 5.56. The van der Waals surface area contributed by atoms with Crippen LogP contribution in [0.15, 0.2) is 0 Å². The van der Waals surface area contributed by atoms with E-state index in [1.807, 2.05) is 0 Å². The van der Waals surface area contributed by atoms with Crippen LogP contribution in [0.1, 0.15) is 46.0 Å². The third-order valence-corrected chi connectivity index (χ3v) is 2.71. The summed E-state index contributed by atoms with van der Waals surface area (Å²) in [6, 6.07) is 0. The highest BCUT2D eigenvalue weighted by Gasteiger charge is 2.03. The molecule has 0 saturated carbocycles. The Hall–Kier alpha value is 0.150. The lowest BCUT2D eigenvalue weighted by Gasteiger charge is -2.07. The van der Waals surface area contributed by atoms with E-state index in [1.54, 1.807) is 0 Å². The monoisotopic (exact) mass is 234 g/mol. The first-order valence-electron chi connectivity index (χ1n) is 4.78. The Balaban J connectivity index is 3.24. The summed E-state index contributed by atoms with van der Waals surface area (Å²) in [5.74, 6) is 1.12. The molecular formula is C10H19BrO. The van der Waals surface area contributed by atoms with Gasteiger partial charge in [-0.15, -0.1) is 0 Å². The number of carbonyl (C=O) groups is 1. The van der Waals surface area contributed by atoms with Gasteiger partial charge >= 0.3 is 0 Å². The van der Waals surface area contributed by atoms with Gasteiger partial charge in [-0.25, -0.2) is 0 Å². The van der Waals surface area contributed by atoms with Crippen molar-refractivity contribution < 1.29 is 4.79 Å². The summed E-state index contributed by atoms with van der Waals surface area (Å²) in [4.78, 5) is 10.9. The normalized spacial score (nSPS) is 12.9. The molecule has 0 bridgehead atoms. The van der Waals surface area contributed by atoms with Crippen molar-refractivity contribution in [1.82, 2.24) is 0 Å². The molecule has 0 saturated heterocycles. The molecule has 0 aliphatic carbocycles. The molecule has 2 heteroatoms. The van der Waals surface area contributed by atoms with Gasteiger partial charge in [0.2, 0.25) is 0 Å². The van der Waals surface area contributed by atoms with Crippen molar-refractivity contribution in [3.8, 4) is 0 Å². The first-order valence-corrected chi connectivity index (χ1v) is 5.90. The summed E-state index contributed by atoms with van der Waals surface area (Å²) in [7, 11) is 0. The lowest BCUT2D eigenvalue weighted by Crippen LogP contribution is -2.00. The fraction of sp³-hybridized carbons (Fsp3) is 0.900. The van der Waals surface area contributed by atoms with Crippen molar-refractivity contribution in [3.63, 3.8) is 0 Å². The zero-order valence-corrected chi connectivity index (χ0v) is 9.69. The molecule has 0 aromatic heterocycles. The molecule has 0 N–H and O–H groups in total. The number of carbonyl (C=O) groups excluding carboxylic acids is 1. The fourth-order valence-corrected chi connectivity index (χ4v) is 1.63. The van der Waals surface area contributed by atoms with E-state index in [1.165, 1.54) is 19.3 Å². The van der Waals surface area contributed by atoms with Crippen LogP contribution in [0.4, 0.5) is 0 Å². The predicted octanol–water partition coefficient (Wildman–Crippen LogP) is 3.56. The number of Topliss-reactive ketones (excluding diaryl/α,β-unsaturated/α-hetero) is 1. The maximum Gasteiger partial charge on any atom is 0.143 e. The van der Waals surface area contributed by atoms with Crippen LogP contribution in [-0.2, 0) is 4.79 Å². The average Bonchev–Trinajstić information content (AvgIpc) is 2.04. The molecule has 12 heavy (non-hydrogen) atoms. The van der Waals surface area contributed by atoms with Crippen LogP contribution in [-0.4, -0.2) is 11.1 Å². The topological polar surface area (TPSA) is 17.1 Å². The molecule has 0 aliphatic heterocycles. The zero-order valence-electron chi connectivity index (χ0n) is 8.11. The maximum absolute atomic E-state index is 10.9. The second kappa shape index (κ2) is 7.78. The number of hydrogen-bond acceptors (Lipinski definition) is 1. The molecule has 0 aliphatic rings. The van der Waals surface area contributed by atoms with E-state index in [0.29, 0.717) is 11.1 Å². The Bertz CT molecular complexity index is 123. The SMILES string of the molecule is CCCC(C)CCCC(=O)CBr. The van der Waals surface area contributed by atoms with E-state index in [2.05, 4.69) is 29.8 Å². The van der Waals surface area contributed by atoms with E-state index in [9.17, 15) is 4.79 Å². The molecular weight excluding hydrogens is 216 g/mol. The zero-order chi connectivity index (χ0) is 9.40. The van der Waals surface area contributed by atoms with Crippen LogP contribution < -0.4 is 0 Å². The molecule has 0 heterocycles. The number of rotatable bonds is 7. The third kappa shape index (κ3) is 6.84. The number of halogens is 1. The van der Waals surface area contributed by atoms with Crippen LogP contribution in [0.2, 0.25) is 0 Å². The molecule has 1 unspecified atom stereocenters. The summed E-state index contributed by atoms with van der Waals surface area (Å²) >= 11 is 3.16. The first kappa shape index (κ1) is 12.2. The summed E-state index contributed by atoms with van der Waals surface area (Å²) < 4.78 is 0. The second-order valence-corrected chi connectivity index (χ2v) is 4.02. The van der Waals surface area contributed by atoms with Gasteiger partial charge in [-0.3, -0.25) is 4.79 Å². The molecule has 0 aromatic carbocycles. The van der Waals surface area contributed by atoms with Gasteiger partial charge in [-0.2, -0.15) is 0 Å². The highest BCUT2D eigenvalue weighted by molar-refractivity contribution is 9.09. The quantitative estimate of drug-likeness (QED) is 0.616. The van der Waals surface area contributed by atoms with Crippen LogP contribution in [0, 0.1) is 5.92 Å². The lowest BCUT2D eigenvalue weighted by molar-refractivity contribution is -0.116. The van der Waals surface area contributed by atoms with Crippen LogP contribution in [0.25, 0.3) is 0 Å². The first-order chi connectivity index (χ1) is 5.70. The average molecular weight is 235 g/mol. The van der Waals surface area contributed by atoms with Gasteiger partial charge in [-0.1, -0.05) is 49.0 Å². The van der Waals surface area contributed by atoms with Crippen molar-refractivity contribution in [2.75, 3.05) is 5.33 Å². The van der Waals surface area contributed by atoms with Gasteiger partial charge in [0.05, 0.1) is 5.33 Å². The van der Waals surface area contributed by atoms with Gasteiger partial charge in [0.15, 0.2) is 0 Å². The van der Waals surface area contributed by atoms with Crippen LogP contribution in [0.5, 0.6) is 0 Å². The van der Waals surface area contributed by atoms with Crippen molar-refractivity contribution in [2.45, 2.75) is 46.0 Å². The Morgan fingerprint density at radius 3 is 2.58 bits per heavy atom. The van der Waals surface area contributed by atoms with E-state index >= 15 is 0 Å². The van der Waals surface area contributed by atoms with Gasteiger partial charge in [0.1, 0.15) is 5.78 Å². The van der Waals surface area contributed by atoms with Gasteiger partial charge in [0.25, 0.3) is 0 Å². The lowest BCUT2D eigenvalue weighted by atomic mass is 9.99. The fourth-order valence-electron chi connectivity index (χ4n) is 1.35. The molecule has 0 amide bonds. The summed E-state index contributed by atoms with van der Waals surface area (Å²) in [5, 5.41) is 0.523. The minimum absolute atomic E-state index is 0.332. The van der Waals surface area contributed by atoms with E-state index in [-0.39, 0.29) is 0 Å². The number of alkyl halides is 1. The molecule has 0 spiro atoms. The number of hydrogen-bond donors (Lipinski definition) is 0. The molecule has 0 rings (SSSR count).